The third-order valence-electron chi connectivity index (χ3n) is 2.82. The first kappa shape index (κ1) is 15.3. The van der Waals surface area contributed by atoms with Crippen LogP contribution < -0.4 is 10.6 Å². The van der Waals surface area contributed by atoms with Gasteiger partial charge >= 0.3 is 0 Å². The highest BCUT2D eigenvalue weighted by molar-refractivity contribution is 7.99. The van der Waals surface area contributed by atoms with Crippen LogP contribution in [0.2, 0.25) is 0 Å². The van der Waals surface area contributed by atoms with Gasteiger partial charge < -0.3 is 15.5 Å². The van der Waals surface area contributed by atoms with E-state index in [1.807, 2.05) is 11.8 Å². The average Bonchev–Trinajstić information content (AvgIpc) is 2.35. The predicted octanol–water partition coefficient (Wildman–Crippen LogP) is 0.0661. The van der Waals surface area contributed by atoms with E-state index >= 15 is 0 Å². The Morgan fingerprint density at radius 3 is 2.83 bits per heavy atom. The molecule has 0 aromatic heterocycles. The molecule has 104 valence electrons. The van der Waals surface area contributed by atoms with Crippen LogP contribution in [0.3, 0.4) is 0 Å². The zero-order chi connectivity index (χ0) is 13.4. The van der Waals surface area contributed by atoms with E-state index in [1.165, 1.54) is 0 Å². The molecule has 0 bridgehead atoms. The number of carbonyl (C=O) groups excluding carboxylic acids is 2. The summed E-state index contributed by atoms with van der Waals surface area (Å²) in [5.41, 5.74) is 0. The Balaban J connectivity index is 2.04. The summed E-state index contributed by atoms with van der Waals surface area (Å²) < 4.78 is 0. The monoisotopic (exact) mass is 273 g/mol. The summed E-state index contributed by atoms with van der Waals surface area (Å²) in [6, 6.07) is 0.298. The van der Waals surface area contributed by atoms with Crippen LogP contribution in [0.25, 0.3) is 0 Å². The smallest absolute Gasteiger partial charge is 0.222 e. The first-order valence-electron chi connectivity index (χ1n) is 6.37. The SMILES string of the molecule is CN(C)C(=O)CCCNC(=O)CC1CSCCN1. The van der Waals surface area contributed by atoms with Gasteiger partial charge in [0.25, 0.3) is 0 Å². The lowest BCUT2D eigenvalue weighted by molar-refractivity contribution is -0.129. The van der Waals surface area contributed by atoms with Crippen molar-refractivity contribution in [2.45, 2.75) is 25.3 Å². The fraction of sp³-hybridized carbons (Fsp3) is 0.833. The minimum Gasteiger partial charge on any atom is -0.356 e. The van der Waals surface area contributed by atoms with E-state index in [9.17, 15) is 9.59 Å². The van der Waals surface area contributed by atoms with Crippen LogP contribution in [0.15, 0.2) is 0 Å². The maximum Gasteiger partial charge on any atom is 0.222 e. The van der Waals surface area contributed by atoms with Crippen molar-refractivity contribution in [2.75, 3.05) is 38.7 Å². The normalized spacial score (nSPS) is 19.3. The molecule has 0 aliphatic carbocycles. The molecule has 0 aromatic carbocycles. The van der Waals surface area contributed by atoms with Crippen LogP contribution in [0.4, 0.5) is 0 Å². The van der Waals surface area contributed by atoms with Crippen LogP contribution in [-0.4, -0.2) is 61.4 Å². The molecule has 6 heteroatoms. The Hall–Kier alpha value is -0.750. The summed E-state index contributed by atoms with van der Waals surface area (Å²) in [6.45, 7) is 1.57. The number of nitrogens with one attached hydrogen (secondary N) is 2. The molecule has 1 atom stereocenters. The molecular weight excluding hydrogens is 250 g/mol. The van der Waals surface area contributed by atoms with E-state index in [1.54, 1.807) is 19.0 Å². The highest BCUT2D eigenvalue weighted by atomic mass is 32.2. The molecule has 2 amide bonds. The number of hydrogen-bond donors (Lipinski definition) is 2. The molecule has 1 aliphatic heterocycles. The van der Waals surface area contributed by atoms with Gasteiger partial charge in [0, 0.05) is 57.6 Å². The molecule has 18 heavy (non-hydrogen) atoms. The van der Waals surface area contributed by atoms with Crippen molar-refractivity contribution < 1.29 is 9.59 Å². The fourth-order valence-corrected chi connectivity index (χ4v) is 2.69. The van der Waals surface area contributed by atoms with Crippen LogP contribution in [0, 0.1) is 0 Å². The van der Waals surface area contributed by atoms with E-state index in [-0.39, 0.29) is 11.8 Å². The van der Waals surface area contributed by atoms with Gasteiger partial charge in [0.15, 0.2) is 0 Å². The number of amides is 2. The van der Waals surface area contributed by atoms with Crippen molar-refractivity contribution in [3.63, 3.8) is 0 Å². The minimum atomic E-state index is 0.0762. The Kier molecular flexibility index (Phi) is 7.12. The summed E-state index contributed by atoms with van der Waals surface area (Å²) >= 11 is 1.89. The first-order valence-corrected chi connectivity index (χ1v) is 7.53. The third-order valence-corrected chi connectivity index (χ3v) is 3.95. The van der Waals surface area contributed by atoms with E-state index in [4.69, 9.17) is 0 Å². The van der Waals surface area contributed by atoms with Crippen molar-refractivity contribution >= 4 is 23.6 Å². The molecule has 0 aromatic rings. The minimum absolute atomic E-state index is 0.0762. The molecule has 1 rings (SSSR count). The maximum absolute atomic E-state index is 11.6. The van der Waals surface area contributed by atoms with Crippen molar-refractivity contribution in [2.24, 2.45) is 0 Å². The zero-order valence-electron chi connectivity index (χ0n) is 11.2. The van der Waals surface area contributed by atoms with Gasteiger partial charge in [-0.15, -0.1) is 0 Å². The van der Waals surface area contributed by atoms with Gasteiger partial charge in [0.1, 0.15) is 0 Å². The van der Waals surface area contributed by atoms with E-state index < -0.39 is 0 Å². The lowest BCUT2D eigenvalue weighted by Gasteiger charge is -2.22. The van der Waals surface area contributed by atoms with Crippen molar-refractivity contribution in [3.05, 3.63) is 0 Å². The average molecular weight is 273 g/mol. The highest BCUT2D eigenvalue weighted by Gasteiger charge is 2.16. The first-order chi connectivity index (χ1) is 8.59. The Morgan fingerprint density at radius 2 is 2.22 bits per heavy atom. The predicted molar refractivity (Wildman–Crippen MR) is 74.7 cm³/mol. The number of rotatable bonds is 6. The molecule has 2 N–H and O–H groups in total. The number of hydrogen-bond acceptors (Lipinski definition) is 4. The van der Waals surface area contributed by atoms with Crippen LogP contribution in [0.5, 0.6) is 0 Å². The molecule has 1 heterocycles. The topological polar surface area (TPSA) is 61.4 Å². The van der Waals surface area contributed by atoms with Crippen molar-refractivity contribution in [1.82, 2.24) is 15.5 Å². The largest absolute Gasteiger partial charge is 0.356 e. The van der Waals surface area contributed by atoms with Crippen LogP contribution >= 0.6 is 11.8 Å². The Labute approximate surface area is 113 Å². The second-order valence-corrected chi connectivity index (χ2v) is 5.82. The second kappa shape index (κ2) is 8.37. The summed E-state index contributed by atoms with van der Waals surface area (Å²) in [5, 5.41) is 6.20. The van der Waals surface area contributed by atoms with Gasteiger partial charge in [-0.3, -0.25) is 9.59 Å². The number of thioether (sulfide) groups is 1. The van der Waals surface area contributed by atoms with Gasteiger partial charge in [-0.05, 0) is 6.42 Å². The van der Waals surface area contributed by atoms with Gasteiger partial charge in [-0.2, -0.15) is 11.8 Å². The number of nitrogens with zero attached hydrogens (tertiary/aromatic N) is 1. The van der Waals surface area contributed by atoms with E-state index in [0.29, 0.717) is 31.8 Å². The molecule has 1 fully saturated rings. The van der Waals surface area contributed by atoms with Gasteiger partial charge in [-0.1, -0.05) is 0 Å². The van der Waals surface area contributed by atoms with Crippen molar-refractivity contribution in [3.8, 4) is 0 Å². The molecule has 0 spiro atoms. The molecule has 1 aliphatic rings. The summed E-state index contributed by atoms with van der Waals surface area (Å²) in [5.74, 6) is 2.32. The second-order valence-electron chi connectivity index (χ2n) is 4.67. The molecule has 0 saturated carbocycles. The molecule has 1 unspecified atom stereocenters. The van der Waals surface area contributed by atoms with Crippen LogP contribution in [0.1, 0.15) is 19.3 Å². The van der Waals surface area contributed by atoms with Gasteiger partial charge in [-0.25, -0.2) is 0 Å². The Morgan fingerprint density at radius 1 is 1.44 bits per heavy atom. The molecule has 5 nitrogen and oxygen atoms in total. The zero-order valence-corrected chi connectivity index (χ0v) is 12.0. The molecule has 1 saturated heterocycles. The molecular formula is C12H23N3O2S. The van der Waals surface area contributed by atoms with E-state index in [0.717, 1.165) is 18.1 Å². The summed E-state index contributed by atoms with van der Waals surface area (Å²) in [4.78, 5) is 24.5. The fourth-order valence-electron chi connectivity index (χ4n) is 1.74. The molecule has 0 radical (unpaired) electrons. The number of carbonyl (C=O) groups is 2. The quantitative estimate of drug-likeness (QED) is 0.672. The third kappa shape index (κ3) is 6.26. The summed E-state index contributed by atoms with van der Waals surface area (Å²) in [6.07, 6.45) is 1.73. The van der Waals surface area contributed by atoms with Gasteiger partial charge in [0.05, 0.1) is 0 Å². The standard InChI is InChI=1S/C12H23N3O2S/c1-15(2)12(17)4-3-5-14-11(16)8-10-9-18-7-6-13-10/h10,13H,3-9H2,1-2H3,(H,14,16). The maximum atomic E-state index is 11.6. The Bertz CT molecular complexity index is 278. The van der Waals surface area contributed by atoms with E-state index in [2.05, 4.69) is 10.6 Å². The lowest BCUT2D eigenvalue weighted by Crippen LogP contribution is -2.41. The summed E-state index contributed by atoms with van der Waals surface area (Å²) in [7, 11) is 3.49. The van der Waals surface area contributed by atoms with Gasteiger partial charge in [0.2, 0.25) is 11.8 Å². The lowest BCUT2D eigenvalue weighted by atomic mass is 10.2. The van der Waals surface area contributed by atoms with Crippen LogP contribution in [-0.2, 0) is 9.59 Å². The van der Waals surface area contributed by atoms with Crippen molar-refractivity contribution in [1.29, 1.82) is 0 Å². The highest BCUT2D eigenvalue weighted by Crippen LogP contribution is 2.09.